The van der Waals surface area contributed by atoms with Crippen LogP contribution < -0.4 is 5.32 Å². The van der Waals surface area contributed by atoms with Crippen molar-refractivity contribution in [2.45, 2.75) is 33.2 Å². The number of hydrogen-bond acceptors (Lipinski definition) is 2. The zero-order valence-corrected chi connectivity index (χ0v) is 8.64. The summed E-state index contributed by atoms with van der Waals surface area (Å²) in [6.45, 7) is 11.8. The topological polar surface area (TPSA) is 15.3 Å². The van der Waals surface area contributed by atoms with E-state index in [1.165, 1.54) is 26.1 Å². The number of nitrogens with zero attached hydrogens (tertiary/aromatic N) is 1. The zero-order chi connectivity index (χ0) is 8.97. The molecule has 2 unspecified atom stereocenters. The largest absolute Gasteiger partial charge is 0.314 e. The van der Waals surface area contributed by atoms with Crippen molar-refractivity contribution in [3.05, 3.63) is 0 Å². The molecule has 1 N–H and O–H groups in total. The van der Waals surface area contributed by atoms with Crippen LogP contribution in [0.25, 0.3) is 0 Å². The maximum Gasteiger partial charge on any atom is 0.0193 e. The fourth-order valence-corrected chi connectivity index (χ4v) is 1.68. The lowest BCUT2D eigenvalue weighted by atomic mass is 10.1. The van der Waals surface area contributed by atoms with Crippen molar-refractivity contribution in [1.29, 1.82) is 0 Å². The number of rotatable bonds is 3. The molecule has 0 amide bonds. The average molecular weight is 170 g/mol. The highest BCUT2D eigenvalue weighted by atomic mass is 15.2. The zero-order valence-electron chi connectivity index (χ0n) is 8.64. The average Bonchev–Trinajstić information content (AvgIpc) is 2.09. The molecule has 2 nitrogen and oxygen atoms in total. The molecule has 1 heterocycles. The van der Waals surface area contributed by atoms with E-state index in [0.29, 0.717) is 0 Å². The summed E-state index contributed by atoms with van der Waals surface area (Å²) in [5.41, 5.74) is 0. The van der Waals surface area contributed by atoms with Gasteiger partial charge in [0.25, 0.3) is 0 Å². The van der Waals surface area contributed by atoms with Gasteiger partial charge < -0.3 is 5.32 Å². The Labute approximate surface area is 76.3 Å². The minimum absolute atomic E-state index is 0.729. The molecule has 0 aliphatic carbocycles. The van der Waals surface area contributed by atoms with Crippen LogP contribution in [0.3, 0.4) is 0 Å². The first kappa shape index (κ1) is 10.0. The van der Waals surface area contributed by atoms with Crippen LogP contribution in [0.5, 0.6) is 0 Å². The number of hydrogen-bond donors (Lipinski definition) is 1. The molecule has 0 spiro atoms. The molecule has 1 aliphatic rings. The molecule has 1 fully saturated rings. The molecule has 0 bridgehead atoms. The highest BCUT2D eigenvalue weighted by molar-refractivity contribution is 4.76. The van der Waals surface area contributed by atoms with Gasteiger partial charge in [-0.1, -0.05) is 20.3 Å². The fraction of sp³-hybridized carbons (Fsp3) is 1.00. The summed E-state index contributed by atoms with van der Waals surface area (Å²) in [5, 5.41) is 3.41. The van der Waals surface area contributed by atoms with Crippen LogP contribution in [0.15, 0.2) is 0 Å². The van der Waals surface area contributed by atoms with Crippen molar-refractivity contribution in [2.24, 2.45) is 5.92 Å². The Morgan fingerprint density at radius 1 is 1.58 bits per heavy atom. The Balaban J connectivity index is 2.28. The SMILES string of the molecule is CCC(C)CN1CCNCC1C. The molecule has 12 heavy (non-hydrogen) atoms. The summed E-state index contributed by atoms with van der Waals surface area (Å²) in [4.78, 5) is 2.60. The highest BCUT2D eigenvalue weighted by Crippen LogP contribution is 2.08. The second-order valence-electron chi connectivity index (χ2n) is 4.06. The summed E-state index contributed by atoms with van der Waals surface area (Å²) in [7, 11) is 0. The third-order valence-electron chi connectivity index (χ3n) is 2.88. The third-order valence-corrected chi connectivity index (χ3v) is 2.88. The lowest BCUT2D eigenvalue weighted by Gasteiger charge is -2.35. The van der Waals surface area contributed by atoms with Crippen molar-refractivity contribution in [3.63, 3.8) is 0 Å². The first-order valence-corrected chi connectivity index (χ1v) is 5.18. The molecule has 1 rings (SSSR count). The molecule has 0 aromatic carbocycles. The van der Waals surface area contributed by atoms with Crippen LogP contribution >= 0.6 is 0 Å². The lowest BCUT2D eigenvalue weighted by molar-refractivity contribution is 0.150. The summed E-state index contributed by atoms with van der Waals surface area (Å²) in [6, 6.07) is 0.729. The van der Waals surface area contributed by atoms with Crippen LogP contribution in [0.1, 0.15) is 27.2 Å². The molecule has 0 aromatic rings. The molecule has 2 atom stereocenters. The second kappa shape index (κ2) is 4.83. The molecule has 0 aromatic heterocycles. The Morgan fingerprint density at radius 2 is 2.33 bits per heavy atom. The summed E-state index contributed by atoms with van der Waals surface area (Å²) in [6.07, 6.45) is 1.30. The molecule has 0 saturated carbocycles. The maximum atomic E-state index is 3.41. The van der Waals surface area contributed by atoms with Crippen molar-refractivity contribution < 1.29 is 0 Å². The smallest absolute Gasteiger partial charge is 0.0193 e. The predicted octanol–water partition coefficient (Wildman–Crippen LogP) is 1.33. The van der Waals surface area contributed by atoms with Crippen LogP contribution in [0.2, 0.25) is 0 Å². The molecule has 1 saturated heterocycles. The minimum Gasteiger partial charge on any atom is -0.314 e. The van der Waals surface area contributed by atoms with Gasteiger partial charge in [0.15, 0.2) is 0 Å². The van der Waals surface area contributed by atoms with Gasteiger partial charge in [-0.2, -0.15) is 0 Å². The van der Waals surface area contributed by atoms with E-state index in [4.69, 9.17) is 0 Å². The Bertz CT molecular complexity index is 125. The van der Waals surface area contributed by atoms with Gasteiger partial charge in [-0.05, 0) is 12.8 Å². The van der Waals surface area contributed by atoms with Crippen LogP contribution in [0.4, 0.5) is 0 Å². The van der Waals surface area contributed by atoms with Gasteiger partial charge in [0.1, 0.15) is 0 Å². The number of piperazine rings is 1. The molecule has 1 aliphatic heterocycles. The van der Waals surface area contributed by atoms with Crippen molar-refractivity contribution in [1.82, 2.24) is 10.2 Å². The van der Waals surface area contributed by atoms with Gasteiger partial charge in [0, 0.05) is 32.2 Å². The van der Waals surface area contributed by atoms with Crippen LogP contribution in [0, 0.1) is 5.92 Å². The van der Waals surface area contributed by atoms with Gasteiger partial charge in [-0.15, -0.1) is 0 Å². The van der Waals surface area contributed by atoms with E-state index in [1.807, 2.05) is 0 Å². The summed E-state index contributed by atoms with van der Waals surface area (Å²) in [5.74, 6) is 0.852. The maximum absolute atomic E-state index is 3.41. The lowest BCUT2D eigenvalue weighted by Crippen LogP contribution is -2.50. The van der Waals surface area contributed by atoms with E-state index in [9.17, 15) is 0 Å². The van der Waals surface area contributed by atoms with Crippen LogP contribution in [-0.2, 0) is 0 Å². The van der Waals surface area contributed by atoms with Gasteiger partial charge in [0.05, 0.1) is 0 Å². The summed E-state index contributed by atoms with van der Waals surface area (Å²) >= 11 is 0. The van der Waals surface area contributed by atoms with Crippen molar-refractivity contribution in [2.75, 3.05) is 26.2 Å². The van der Waals surface area contributed by atoms with Crippen molar-refractivity contribution in [3.8, 4) is 0 Å². The molecular formula is C10H22N2. The molecule has 0 radical (unpaired) electrons. The van der Waals surface area contributed by atoms with Gasteiger partial charge in [-0.25, -0.2) is 0 Å². The first-order chi connectivity index (χ1) is 5.74. The highest BCUT2D eigenvalue weighted by Gasteiger charge is 2.18. The van der Waals surface area contributed by atoms with Gasteiger partial charge in [0.2, 0.25) is 0 Å². The van der Waals surface area contributed by atoms with Gasteiger partial charge in [-0.3, -0.25) is 4.90 Å². The molecule has 72 valence electrons. The normalized spacial score (nSPS) is 28.8. The van der Waals surface area contributed by atoms with Crippen molar-refractivity contribution >= 4 is 0 Å². The van der Waals surface area contributed by atoms with E-state index < -0.39 is 0 Å². The van der Waals surface area contributed by atoms with Gasteiger partial charge >= 0.3 is 0 Å². The Kier molecular flexibility index (Phi) is 4.02. The standard InChI is InChI=1S/C10H22N2/c1-4-9(2)8-12-6-5-11-7-10(12)3/h9-11H,4-8H2,1-3H3. The first-order valence-electron chi connectivity index (χ1n) is 5.18. The Morgan fingerprint density at radius 3 is 2.92 bits per heavy atom. The van der Waals surface area contributed by atoms with Crippen LogP contribution in [-0.4, -0.2) is 37.1 Å². The quantitative estimate of drug-likeness (QED) is 0.687. The molecule has 2 heteroatoms. The fourth-order valence-electron chi connectivity index (χ4n) is 1.68. The van der Waals surface area contributed by atoms with E-state index in [2.05, 4.69) is 31.0 Å². The third kappa shape index (κ3) is 2.76. The minimum atomic E-state index is 0.729. The monoisotopic (exact) mass is 170 g/mol. The number of nitrogens with one attached hydrogen (secondary N) is 1. The van der Waals surface area contributed by atoms with E-state index in [1.54, 1.807) is 0 Å². The molecular weight excluding hydrogens is 148 g/mol. The Hall–Kier alpha value is -0.0800. The van der Waals surface area contributed by atoms with E-state index in [0.717, 1.165) is 18.5 Å². The summed E-state index contributed by atoms with van der Waals surface area (Å²) < 4.78 is 0. The van der Waals surface area contributed by atoms with E-state index >= 15 is 0 Å². The predicted molar refractivity (Wildman–Crippen MR) is 53.4 cm³/mol. The second-order valence-corrected chi connectivity index (χ2v) is 4.06. The van der Waals surface area contributed by atoms with E-state index in [-0.39, 0.29) is 0 Å².